The number of aromatic nitrogens is 3. The normalized spacial score (nSPS) is 11.3. The first-order valence-electron chi connectivity index (χ1n) is 9.52. The Bertz CT molecular complexity index is 1120. The minimum atomic E-state index is -0.221. The van der Waals surface area contributed by atoms with Crippen molar-refractivity contribution in [2.45, 2.75) is 13.0 Å². The highest BCUT2D eigenvalue weighted by Crippen LogP contribution is 2.19. The molecule has 0 amide bonds. The first-order valence-corrected chi connectivity index (χ1v) is 9.52. The van der Waals surface area contributed by atoms with Gasteiger partial charge in [-0.1, -0.05) is 12.1 Å². The van der Waals surface area contributed by atoms with Gasteiger partial charge >= 0.3 is 0 Å². The van der Waals surface area contributed by atoms with Crippen molar-refractivity contribution in [1.82, 2.24) is 25.4 Å². The van der Waals surface area contributed by atoms with Crippen molar-refractivity contribution in [1.29, 1.82) is 0 Å². The second-order valence-electron chi connectivity index (χ2n) is 6.73. The molecule has 2 heterocycles. The summed E-state index contributed by atoms with van der Waals surface area (Å²) in [7, 11) is 1.75. The predicted octanol–water partition coefficient (Wildman–Crippen LogP) is 4.02. The number of halogens is 2. The number of nitrogens with zero attached hydrogens (tertiary/aromatic N) is 3. The fourth-order valence-electron chi connectivity index (χ4n) is 3.31. The highest BCUT2D eigenvalue weighted by Gasteiger charge is 2.06. The third-order valence-corrected chi connectivity index (χ3v) is 4.78. The van der Waals surface area contributed by atoms with E-state index >= 15 is 0 Å². The molecule has 0 aliphatic heterocycles. The van der Waals surface area contributed by atoms with Crippen LogP contribution in [-0.2, 0) is 13.0 Å². The fraction of sp³-hybridized carbons (Fsp3) is 0.182. The predicted molar refractivity (Wildman–Crippen MR) is 129 cm³/mol. The highest BCUT2D eigenvalue weighted by molar-refractivity contribution is 14.0. The molecule has 156 valence electrons. The number of aliphatic imine (C=N–C) groups is 1. The number of H-pyrrole nitrogens is 1. The summed E-state index contributed by atoms with van der Waals surface area (Å²) in [6.45, 7) is 1.34. The third kappa shape index (κ3) is 5.18. The lowest BCUT2D eigenvalue weighted by Gasteiger charge is -2.12. The number of guanidine groups is 1. The van der Waals surface area contributed by atoms with Crippen LogP contribution in [0, 0.1) is 5.82 Å². The van der Waals surface area contributed by atoms with Gasteiger partial charge in [0, 0.05) is 49.6 Å². The average molecular weight is 518 g/mol. The summed E-state index contributed by atoms with van der Waals surface area (Å²) >= 11 is 0. The Balaban J connectivity index is 0.00000256. The summed E-state index contributed by atoms with van der Waals surface area (Å²) in [5.74, 6) is 0.502. The number of aromatic amines is 1. The molecule has 0 bridgehead atoms. The van der Waals surface area contributed by atoms with Crippen LogP contribution in [0.25, 0.3) is 16.6 Å². The van der Waals surface area contributed by atoms with Gasteiger partial charge in [0.15, 0.2) is 5.96 Å². The fourth-order valence-corrected chi connectivity index (χ4v) is 3.31. The smallest absolute Gasteiger partial charge is 0.191 e. The Kier molecular flexibility index (Phi) is 7.45. The average Bonchev–Trinajstić information content (AvgIpc) is 3.41. The Morgan fingerprint density at radius 2 is 2.07 bits per heavy atom. The molecule has 0 saturated carbocycles. The van der Waals surface area contributed by atoms with Crippen LogP contribution in [0.4, 0.5) is 4.39 Å². The molecule has 0 aliphatic rings. The summed E-state index contributed by atoms with van der Waals surface area (Å²) in [5.41, 5.74) is 4.17. The van der Waals surface area contributed by atoms with E-state index in [4.69, 9.17) is 0 Å². The van der Waals surface area contributed by atoms with Crippen LogP contribution in [0.2, 0.25) is 0 Å². The molecule has 0 unspecified atom stereocenters. The first-order chi connectivity index (χ1) is 14.2. The standard InChI is InChI=1S/C22H23FN6.HI/c1-24-22(25-10-8-17-15-26-21-7-6-18(23)13-20(17)21)27-14-16-4-2-5-19(12-16)29-11-3-9-28-29;/h2-7,9,11-13,15,26H,8,10,14H2,1H3,(H2,24,25,27);1H. The Labute approximate surface area is 191 Å². The van der Waals surface area contributed by atoms with E-state index in [1.165, 1.54) is 6.07 Å². The van der Waals surface area contributed by atoms with Crippen LogP contribution in [0.5, 0.6) is 0 Å². The molecule has 3 N–H and O–H groups in total. The molecule has 8 heteroatoms. The molecular formula is C22H24FIN6. The van der Waals surface area contributed by atoms with E-state index < -0.39 is 0 Å². The van der Waals surface area contributed by atoms with Crippen molar-refractivity contribution in [3.8, 4) is 5.69 Å². The summed E-state index contributed by atoms with van der Waals surface area (Å²) in [4.78, 5) is 7.46. The molecule has 4 aromatic rings. The second kappa shape index (κ2) is 10.2. The van der Waals surface area contributed by atoms with Crippen LogP contribution in [0.15, 0.2) is 72.1 Å². The lowest BCUT2D eigenvalue weighted by atomic mass is 10.1. The van der Waals surface area contributed by atoms with Gasteiger partial charge < -0.3 is 15.6 Å². The van der Waals surface area contributed by atoms with Gasteiger partial charge in [-0.15, -0.1) is 24.0 Å². The molecular weight excluding hydrogens is 494 g/mol. The molecule has 30 heavy (non-hydrogen) atoms. The zero-order chi connectivity index (χ0) is 20.1. The van der Waals surface area contributed by atoms with E-state index in [2.05, 4.69) is 37.8 Å². The van der Waals surface area contributed by atoms with Gasteiger partial charge in [-0.2, -0.15) is 5.10 Å². The summed E-state index contributed by atoms with van der Waals surface area (Å²) in [5, 5.41) is 11.8. The van der Waals surface area contributed by atoms with E-state index in [1.807, 2.05) is 35.3 Å². The molecule has 0 radical (unpaired) electrons. The largest absolute Gasteiger partial charge is 0.361 e. The van der Waals surface area contributed by atoms with E-state index in [0.29, 0.717) is 13.1 Å². The maximum absolute atomic E-state index is 13.5. The van der Waals surface area contributed by atoms with E-state index in [-0.39, 0.29) is 29.8 Å². The number of hydrogen-bond donors (Lipinski definition) is 3. The molecule has 0 atom stereocenters. The summed E-state index contributed by atoms with van der Waals surface area (Å²) in [6, 6.07) is 14.9. The minimum Gasteiger partial charge on any atom is -0.361 e. The maximum atomic E-state index is 13.5. The quantitative estimate of drug-likeness (QED) is 0.205. The van der Waals surface area contributed by atoms with Crippen molar-refractivity contribution < 1.29 is 4.39 Å². The van der Waals surface area contributed by atoms with Gasteiger partial charge in [0.1, 0.15) is 5.82 Å². The van der Waals surface area contributed by atoms with Gasteiger partial charge in [0.2, 0.25) is 0 Å². The van der Waals surface area contributed by atoms with Crippen LogP contribution < -0.4 is 10.6 Å². The monoisotopic (exact) mass is 518 g/mol. The Hall–Kier alpha value is -2.88. The van der Waals surface area contributed by atoms with Crippen molar-refractivity contribution in [2.75, 3.05) is 13.6 Å². The van der Waals surface area contributed by atoms with Gasteiger partial charge in [0.25, 0.3) is 0 Å². The van der Waals surface area contributed by atoms with Crippen LogP contribution in [0.3, 0.4) is 0 Å². The highest BCUT2D eigenvalue weighted by atomic mass is 127. The van der Waals surface area contributed by atoms with E-state index in [9.17, 15) is 4.39 Å². The number of fused-ring (bicyclic) bond motifs is 1. The lowest BCUT2D eigenvalue weighted by molar-refractivity contribution is 0.629. The molecule has 6 nitrogen and oxygen atoms in total. The van der Waals surface area contributed by atoms with Gasteiger partial charge in [-0.25, -0.2) is 9.07 Å². The van der Waals surface area contributed by atoms with Gasteiger partial charge in [-0.05, 0) is 53.9 Å². The number of hydrogen-bond acceptors (Lipinski definition) is 2. The number of rotatable bonds is 6. The van der Waals surface area contributed by atoms with Crippen LogP contribution >= 0.6 is 24.0 Å². The number of benzene rings is 2. The molecule has 0 saturated heterocycles. The van der Waals surface area contributed by atoms with Crippen molar-refractivity contribution in [3.63, 3.8) is 0 Å². The SMILES string of the molecule is CN=C(NCCc1c[nH]c2ccc(F)cc12)NCc1cccc(-n2cccn2)c1.I. The first kappa shape index (κ1) is 21.8. The van der Waals surface area contributed by atoms with Gasteiger partial charge in [-0.3, -0.25) is 4.99 Å². The van der Waals surface area contributed by atoms with Crippen molar-refractivity contribution >= 4 is 40.8 Å². The van der Waals surface area contributed by atoms with E-state index in [0.717, 1.165) is 40.1 Å². The van der Waals surface area contributed by atoms with E-state index in [1.54, 1.807) is 25.4 Å². The second-order valence-corrected chi connectivity index (χ2v) is 6.73. The third-order valence-electron chi connectivity index (χ3n) is 4.78. The maximum Gasteiger partial charge on any atom is 0.191 e. The number of nitrogens with one attached hydrogen (secondary N) is 3. The topological polar surface area (TPSA) is 70.0 Å². The Morgan fingerprint density at radius 3 is 2.87 bits per heavy atom. The molecule has 2 aromatic heterocycles. The molecule has 0 fully saturated rings. The molecule has 0 spiro atoms. The molecule has 4 rings (SSSR count). The van der Waals surface area contributed by atoms with Crippen molar-refractivity contribution in [3.05, 3.63) is 84.1 Å². The minimum absolute atomic E-state index is 0. The molecule has 0 aliphatic carbocycles. The lowest BCUT2D eigenvalue weighted by Crippen LogP contribution is -2.37. The zero-order valence-corrected chi connectivity index (χ0v) is 18.9. The van der Waals surface area contributed by atoms with Crippen molar-refractivity contribution in [2.24, 2.45) is 4.99 Å². The van der Waals surface area contributed by atoms with Crippen LogP contribution in [-0.4, -0.2) is 34.3 Å². The summed E-state index contributed by atoms with van der Waals surface area (Å²) < 4.78 is 15.3. The molecule has 2 aromatic carbocycles. The summed E-state index contributed by atoms with van der Waals surface area (Å²) in [6.07, 6.45) is 6.38. The zero-order valence-electron chi connectivity index (χ0n) is 16.6. The Morgan fingerprint density at radius 1 is 1.17 bits per heavy atom. The van der Waals surface area contributed by atoms with Gasteiger partial charge in [0.05, 0.1) is 5.69 Å². The van der Waals surface area contributed by atoms with Crippen LogP contribution in [0.1, 0.15) is 11.1 Å².